The van der Waals surface area contributed by atoms with Crippen LogP contribution < -0.4 is 0 Å². The van der Waals surface area contributed by atoms with Crippen LogP contribution in [0.1, 0.15) is 13.8 Å². The molecule has 0 aromatic rings. The molecule has 78 valence electrons. The first-order valence-electron chi connectivity index (χ1n) is 4.61. The highest BCUT2D eigenvalue weighted by atomic mass is 28.4. The quantitative estimate of drug-likeness (QED) is 0.675. The Morgan fingerprint density at radius 1 is 1.00 bits per heavy atom. The molecule has 0 aliphatic rings. The van der Waals surface area contributed by atoms with Crippen molar-refractivity contribution in [1.29, 1.82) is 0 Å². The summed E-state index contributed by atoms with van der Waals surface area (Å²) in [6, 6.07) is 0. The van der Waals surface area contributed by atoms with E-state index in [2.05, 4.69) is 19.6 Å². The fourth-order valence-electron chi connectivity index (χ4n) is 1.39. The largest absolute Gasteiger partial charge is 0.436 e. The van der Waals surface area contributed by atoms with Gasteiger partial charge in [-0.05, 0) is 53.5 Å². The van der Waals surface area contributed by atoms with Crippen molar-refractivity contribution in [1.82, 2.24) is 0 Å². The standard InChI is InChI=1S/C9H22O2Si2/c1-9(2,3)10-13(7,8)11-12(4,5)6/h1H,2-8H3. The molecule has 0 bridgehead atoms. The van der Waals surface area contributed by atoms with Gasteiger partial charge < -0.3 is 8.54 Å². The predicted molar refractivity (Wildman–Crippen MR) is 61.4 cm³/mol. The lowest BCUT2D eigenvalue weighted by atomic mass is 10.2. The molecular formula is C9H22O2Si2. The summed E-state index contributed by atoms with van der Waals surface area (Å²) in [4.78, 5) is 0. The molecule has 0 aliphatic heterocycles. The van der Waals surface area contributed by atoms with Gasteiger partial charge in [-0.2, -0.15) is 0 Å². The second kappa shape index (κ2) is 3.84. The number of hydrogen-bond acceptors (Lipinski definition) is 2. The topological polar surface area (TPSA) is 18.5 Å². The molecule has 2 nitrogen and oxygen atoms in total. The van der Waals surface area contributed by atoms with Crippen molar-refractivity contribution < 1.29 is 8.54 Å². The Hall–Kier alpha value is 0.354. The highest BCUT2D eigenvalue weighted by Crippen LogP contribution is 2.21. The molecule has 0 atom stereocenters. The fraction of sp³-hybridized carbons (Fsp3) is 0.889. The van der Waals surface area contributed by atoms with Gasteiger partial charge in [0.1, 0.15) is 0 Å². The summed E-state index contributed by atoms with van der Waals surface area (Å²) in [7, 11) is -3.55. The summed E-state index contributed by atoms with van der Waals surface area (Å²) in [5.41, 5.74) is -0.588. The molecule has 0 amide bonds. The molecule has 0 spiro atoms. The third-order valence-electron chi connectivity index (χ3n) is 1.06. The monoisotopic (exact) mass is 218 g/mol. The molecule has 0 N–H and O–H groups in total. The molecule has 0 heterocycles. The highest BCUT2D eigenvalue weighted by Gasteiger charge is 2.35. The molecule has 0 aliphatic carbocycles. The molecule has 0 unspecified atom stereocenters. The molecule has 0 aromatic heterocycles. The van der Waals surface area contributed by atoms with Crippen LogP contribution >= 0.6 is 0 Å². The minimum Gasteiger partial charge on any atom is -0.436 e. The van der Waals surface area contributed by atoms with Crippen LogP contribution in [0.2, 0.25) is 32.7 Å². The van der Waals surface area contributed by atoms with Crippen molar-refractivity contribution in [3.8, 4) is 0 Å². The molecule has 4 heteroatoms. The minimum absolute atomic E-state index is 0.588. The zero-order valence-corrected chi connectivity index (χ0v) is 11.9. The van der Waals surface area contributed by atoms with E-state index in [1.165, 1.54) is 0 Å². The molecule has 0 aromatic carbocycles. The van der Waals surface area contributed by atoms with Crippen molar-refractivity contribution in [3.63, 3.8) is 0 Å². The lowest BCUT2D eigenvalue weighted by Gasteiger charge is -2.36. The van der Waals surface area contributed by atoms with E-state index in [1.807, 2.05) is 26.9 Å². The molecule has 0 saturated carbocycles. The van der Waals surface area contributed by atoms with Crippen LogP contribution in [0.5, 0.6) is 0 Å². The van der Waals surface area contributed by atoms with Crippen molar-refractivity contribution >= 4 is 16.9 Å². The lowest BCUT2D eigenvalue weighted by Crippen LogP contribution is -2.48. The Bertz CT molecular complexity index is 147. The van der Waals surface area contributed by atoms with E-state index in [4.69, 9.17) is 15.5 Å². The maximum Gasteiger partial charge on any atom is 0.321 e. The summed E-state index contributed by atoms with van der Waals surface area (Å²) < 4.78 is 11.7. The van der Waals surface area contributed by atoms with Crippen LogP contribution in [0.4, 0.5) is 0 Å². The average Bonchev–Trinajstić information content (AvgIpc) is 1.43. The predicted octanol–water partition coefficient (Wildman–Crippen LogP) is 3.05. The average molecular weight is 218 g/mol. The van der Waals surface area contributed by atoms with Crippen molar-refractivity contribution in [2.45, 2.75) is 52.2 Å². The van der Waals surface area contributed by atoms with Crippen LogP contribution in [0.25, 0.3) is 0 Å². The van der Waals surface area contributed by atoms with E-state index >= 15 is 0 Å². The summed E-state index contributed by atoms with van der Waals surface area (Å²) in [5, 5.41) is 0. The molecule has 0 fully saturated rings. The van der Waals surface area contributed by atoms with E-state index in [-0.39, 0.29) is 0 Å². The summed E-state index contributed by atoms with van der Waals surface area (Å²) in [5.74, 6) is 0. The van der Waals surface area contributed by atoms with E-state index in [9.17, 15) is 0 Å². The molecule has 13 heavy (non-hydrogen) atoms. The van der Waals surface area contributed by atoms with Crippen molar-refractivity contribution in [3.05, 3.63) is 6.92 Å². The van der Waals surface area contributed by atoms with Gasteiger partial charge in [0.2, 0.25) is 0 Å². The van der Waals surface area contributed by atoms with Crippen LogP contribution in [-0.4, -0.2) is 22.5 Å². The Kier molecular flexibility index (Phi) is 3.95. The maximum atomic E-state index is 5.98. The van der Waals surface area contributed by atoms with Crippen LogP contribution in [0.15, 0.2) is 0 Å². The van der Waals surface area contributed by atoms with Gasteiger partial charge in [-0.15, -0.1) is 0 Å². The zero-order chi connectivity index (χ0) is 10.9. The van der Waals surface area contributed by atoms with Gasteiger partial charge >= 0.3 is 8.56 Å². The molecule has 0 rings (SSSR count). The van der Waals surface area contributed by atoms with Crippen molar-refractivity contribution in [2.24, 2.45) is 0 Å². The normalized spacial score (nSPS) is 14.8. The SMILES string of the molecule is [CH]C(C)(C)O[Si](C)(C)O[Si](C)(C)C. The van der Waals surface area contributed by atoms with E-state index in [1.54, 1.807) is 0 Å². The van der Waals surface area contributed by atoms with Crippen LogP contribution in [0, 0.1) is 6.92 Å². The van der Waals surface area contributed by atoms with Gasteiger partial charge in [-0.25, -0.2) is 0 Å². The summed E-state index contributed by atoms with van der Waals surface area (Å²) >= 11 is 0. The Morgan fingerprint density at radius 3 is 1.62 bits per heavy atom. The van der Waals surface area contributed by atoms with Crippen LogP contribution in [0.3, 0.4) is 0 Å². The lowest BCUT2D eigenvalue weighted by molar-refractivity contribution is 0.117. The first-order valence-corrected chi connectivity index (χ1v) is 10.8. The van der Waals surface area contributed by atoms with E-state index < -0.39 is 22.5 Å². The van der Waals surface area contributed by atoms with Gasteiger partial charge in [0.05, 0.1) is 5.60 Å². The second-order valence-electron chi connectivity index (χ2n) is 5.32. The van der Waals surface area contributed by atoms with Crippen LogP contribution in [-0.2, 0) is 8.54 Å². The highest BCUT2D eigenvalue weighted by molar-refractivity contribution is 6.81. The fourth-order valence-corrected chi connectivity index (χ4v) is 8.72. The third-order valence-corrected chi connectivity index (χ3v) is 6.49. The molecule has 2 radical (unpaired) electrons. The third kappa shape index (κ3) is 8.68. The van der Waals surface area contributed by atoms with Gasteiger partial charge in [0.25, 0.3) is 0 Å². The number of hydrogen-bond donors (Lipinski definition) is 0. The summed E-state index contributed by atoms with van der Waals surface area (Å²) in [6.45, 7) is 20.1. The first-order chi connectivity index (χ1) is 5.41. The molecular weight excluding hydrogens is 196 g/mol. The van der Waals surface area contributed by atoms with Gasteiger partial charge in [-0.3, -0.25) is 0 Å². The second-order valence-corrected chi connectivity index (χ2v) is 13.4. The Morgan fingerprint density at radius 2 is 1.38 bits per heavy atom. The minimum atomic E-state index is -2.04. The number of rotatable bonds is 4. The van der Waals surface area contributed by atoms with Gasteiger partial charge in [-0.1, -0.05) is 0 Å². The molecule has 0 saturated heterocycles. The first kappa shape index (κ1) is 13.4. The van der Waals surface area contributed by atoms with Gasteiger partial charge in [0.15, 0.2) is 8.32 Å². The van der Waals surface area contributed by atoms with E-state index in [0.29, 0.717) is 0 Å². The smallest absolute Gasteiger partial charge is 0.321 e. The Labute approximate surface area is 85.0 Å². The Balaban J connectivity index is 4.25. The summed E-state index contributed by atoms with van der Waals surface area (Å²) in [6.07, 6.45) is 0. The van der Waals surface area contributed by atoms with Crippen molar-refractivity contribution in [2.75, 3.05) is 0 Å². The maximum absolute atomic E-state index is 5.98. The van der Waals surface area contributed by atoms with E-state index in [0.717, 1.165) is 0 Å². The zero-order valence-electron chi connectivity index (χ0n) is 9.89. The van der Waals surface area contributed by atoms with Gasteiger partial charge in [0, 0.05) is 0 Å².